The summed E-state index contributed by atoms with van der Waals surface area (Å²) in [6, 6.07) is 5.78. The van der Waals surface area contributed by atoms with Crippen molar-refractivity contribution in [1.82, 2.24) is 0 Å². The Labute approximate surface area is 185 Å². The van der Waals surface area contributed by atoms with E-state index in [-0.39, 0.29) is 11.6 Å². The lowest BCUT2D eigenvalue weighted by Crippen LogP contribution is -2.41. The molecule has 0 bridgehead atoms. The predicted molar refractivity (Wildman–Crippen MR) is 124 cm³/mol. The molecular formula is C24H45NO4S. The minimum Gasteiger partial charge on any atom is -0.744 e. The van der Waals surface area contributed by atoms with Crippen molar-refractivity contribution >= 4 is 10.1 Å². The Morgan fingerprint density at radius 2 is 1.20 bits per heavy atom. The first kappa shape index (κ1) is 29.1. The van der Waals surface area contributed by atoms with Gasteiger partial charge < -0.3 is 14.1 Å². The van der Waals surface area contributed by atoms with Gasteiger partial charge in [0.2, 0.25) is 0 Å². The number of unbranched alkanes of at least 4 members (excludes halogenated alkanes) is 11. The van der Waals surface area contributed by atoms with Crippen LogP contribution >= 0.6 is 0 Å². The normalized spacial score (nSPS) is 11.8. The molecular weight excluding hydrogens is 398 g/mol. The molecule has 0 aromatic heterocycles. The smallest absolute Gasteiger partial charge is 0.179 e. The van der Waals surface area contributed by atoms with Gasteiger partial charge in [0.25, 0.3) is 0 Å². The van der Waals surface area contributed by atoms with Gasteiger partial charge in [-0.3, -0.25) is 0 Å². The van der Waals surface area contributed by atoms with E-state index in [1.807, 2.05) is 6.92 Å². The van der Waals surface area contributed by atoms with Crippen LogP contribution in [0.15, 0.2) is 29.2 Å². The molecule has 0 heterocycles. The van der Waals surface area contributed by atoms with Crippen LogP contribution in [0.5, 0.6) is 0 Å². The summed E-state index contributed by atoms with van der Waals surface area (Å²) in [6.45, 7) is 5.47. The zero-order chi connectivity index (χ0) is 22.9. The molecule has 0 unspecified atom stereocenters. The molecule has 0 aliphatic rings. The molecule has 30 heavy (non-hydrogen) atoms. The molecule has 0 aliphatic carbocycles. The second-order valence-electron chi connectivity index (χ2n) is 8.96. The number of aliphatic hydroxyl groups excluding tert-OH is 1. The molecule has 1 N–H and O–H groups in total. The van der Waals surface area contributed by atoms with Crippen molar-refractivity contribution in [2.75, 3.05) is 27.4 Å². The van der Waals surface area contributed by atoms with Gasteiger partial charge in [-0.1, -0.05) is 88.8 Å². The first-order valence-electron chi connectivity index (χ1n) is 11.6. The molecule has 0 atom stereocenters. The number of aliphatic hydroxyl groups is 1. The number of hydrogen-bond donors (Lipinski definition) is 1. The predicted octanol–water partition coefficient (Wildman–Crippen LogP) is 5.61. The molecule has 1 aromatic carbocycles. The van der Waals surface area contributed by atoms with E-state index in [1.54, 1.807) is 12.1 Å². The second-order valence-corrected chi connectivity index (χ2v) is 10.3. The first-order chi connectivity index (χ1) is 14.1. The van der Waals surface area contributed by atoms with Crippen LogP contribution < -0.4 is 0 Å². The number of hydrogen-bond acceptors (Lipinski definition) is 4. The topological polar surface area (TPSA) is 77.4 Å². The van der Waals surface area contributed by atoms with E-state index in [4.69, 9.17) is 5.11 Å². The molecule has 1 aromatic rings. The number of rotatable bonds is 15. The highest BCUT2D eigenvalue weighted by atomic mass is 32.2. The molecule has 0 radical (unpaired) electrons. The molecule has 6 heteroatoms. The lowest BCUT2D eigenvalue weighted by atomic mass is 10.1. The Hall–Kier alpha value is -0.950. The van der Waals surface area contributed by atoms with Crippen molar-refractivity contribution < 1.29 is 22.6 Å². The summed E-state index contributed by atoms with van der Waals surface area (Å²) in [5.41, 5.74) is 0.928. The third kappa shape index (κ3) is 16.8. The molecule has 0 aliphatic heterocycles. The first-order valence-corrected chi connectivity index (χ1v) is 13.0. The van der Waals surface area contributed by atoms with Crippen molar-refractivity contribution in [3.05, 3.63) is 29.8 Å². The largest absolute Gasteiger partial charge is 0.744 e. The molecule has 0 saturated heterocycles. The molecule has 1 rings (SSSR count). The van der Waals surface area contributed by atoms with Gasteiger partial charge in [0.15, 0.2) is 6.73 Å². The number of aryl methyl sites for hydroxylation is 1. The summed E-state index contributed by atoms with van der Waals surface area (Å²) in [7, 11) is -0.0780. The van der Waals surface area contributed by atoms with Gasteiger partial charge in [-0.25, -0.2) is 8.42 Å². The third-order valence-corrected chi connectivity index (χ3v) is 6.16. The molecule has 0 amide bonds. The highest BCUT2D eigenvalue weighted by Gasteiger charge is 2.11. The average Bonchev–Trinajstić information content (AvgIpc) is 2.69. The highest BCUT2D eigenvalue weighted by molar-refractivity contribution is 7.85. The Bertz CT molecular complexity index is 627. The van der Waals surface area contributed by atoms with Gasteiger partial charge in [0.05, 0.1) is 25.5 Å². The third-order valence-electron chi connectivity index (χ3n) is 5.31. The molecule has 5 nitrogen and oxygen atoms in total. The lowest BCUT2D eigenvalue weighted by molar-refractivity contribution is -0.909. The fraction of sp³-hybridized carbons (Fsp3) is 0.750. The van der Waals surface area contributed by atoms with Crippen molar-refractivity contribution in [2.45, 2.75) is 95.8 Å². The van der Waals surface area contributed by atoms with Crippen LogP contribution in [0.4, 0.5) is 0 Å². The molecule has 0 spiro atoms. The van der Waals surface area contributed by atoms with E-state index in [0.29, 0.717) is 0 Å². The van der Waals surface area contributed by atoms with Crippen LogP contribution in [0.25, 0.3) is 0 Å². The lowest BCUT2D eigenvalue weighted by Gasteiger charge is -2.26. The van der Waals surface area contributed by atoms with Crippen LogP contribution in [0, 0.1) is 6.92 Å². The van der Waals surface area contributed by atoms with Crippen LogP contribution in [0.1, 0.15) is 89.5 Å². The van der Waals surface area contributed by atoms with Gasteiger partial charge in [0, 0.05) is 0 Å². The van der Waals surface area contributed by atoms with Crippen LogP contribution in [-0.2, 0) is 10.1 Å². The summed E-state index contributed by atoms with van der Waals surface area (Å²) in [6.07, 6.45) is 16.8. The summed E-state index contributed by atoms with van der Waals surface area (Å²) < 4.78 is 31.9. The quantitative estimate of drug-likeness (QED) is 0.165. The number of quaternary nitrogens is 1. The number of benzene rings is 1. The van der Waals surface area contributed by atoms with E-state index in [1.165, 1.54) is 89.2 Å². The maximum absolute atomic E-state index is 10.4. The minimum absolute atomic E-state index is 0.178. The molecule has 176 valence electrons. The maximum Gasteiger partial charge on any atom is 0.179 e. The fourth-order valence-corrected chi connectivity index (χ4v) is 3.63. The Morgan fingerprint density at radius 3 is 1.57 bits per heavy atom. The summed E-state index contributed by atoms with van der Waals surface area (Å²) in [5, 5.41) is 9.14. The maximum atomic E-state index is 10.4. The highest BCUT2D eigenvalue weighted by Crippen LogP contribution is 2.12. The zero-order valence-corrected chi connectivity index (χ0v) is 20.6. The van der Waals surface area contributed by atoms with E-state index >= 15 is 0 Å². The van der Waals surface area contributed by atoms with Crippen molar-refractivity contribution in [1.29, 1.82) is 0 Å². The van der Waals surface area contributed by atoms with E-state index in [2.05, 4.69) is 21.0 Å². The van der Waals surface area contributed by atoms with E-state index < -0.39 is 10.1 Å². The van der Waals surface area contributed by atoms with Gasteiger partial charge >= 0.3 is 0 Å². The Balaban J connectivity index is 0.000000642. The average molecular weight is 444 g/mol. The molecule has 0 fully saturated rings. The summed E-state index contributed by atoms with van der Waals surface area (Å²) >= 11 is 0. The minimum atomic E-state index is -4.27. The van der Waals surface area contributed by atoms with Gasteiger partial charge in [0.1, 0.15) is 10.1 Å². The summed E-state index contributed by atoms with van der Waals surface area (Å²) in [5.74, 6) is 0. The van der Waals surface area contributed by atoms with Crippen LogP contribution in [-0.4, -0.2) is 49.9 Å². The zero-order valence-electron chi connectivity index (χ0n) is 19.7. The fourth-order valence-electron chi connectivity index (χ4n) is 3.16. The van der Waals surface area contributed by atoms with Crippen molar-refractivity contribution in [3.8, 4) is 0 Å². The monoisotopic (exact) mass is 443 g/mol. The Morgan fingerprint density at radius 1 is 0.800 bits per heavy atom. The van der Waals surface area contributed by atoms with Crippen LogP contribution in [0.3, 0.4) is 0 Å². The number of nitrogens with zero attached hydrogens (tertiary/aromatic N) is 1. The van der Waals surface area contributed by atoms with Crippen LogP contribution in [0.2, 0.25) is 0 Å². The van der Waals surface area contributed by atoms with Crippen molar-refractivity contribution in [3.63, 3.8) is 0 Å². The Kier molecular flexibility index (Phi) is 16.2. The van der Waals surface area contributed by atoms with Gasteiger partial charge in [-0.2, -0.15) is 0 Å². The second kappa shape index (κ2) is 16.7. The standard InChI is InChI=1S/C17H38NO.C7H8O3S/c1-4-5-6-7-8-9-10-11-12-13-14-15-16-18(2,3)17-19;1-6-2-4-7(5-3-6)11(8,9)10/h19H,4-17H2,1-3H3;2-5H,1H3,(H,8,9,10)/q+1;/p-1. The van der Waals surface area contributed by atoms with E-state index in [0.717, 1.165) is 16.6 Å². The van der Waals surface area contributed by atoms with E-state index in [9.17, 15) is 13.0 Å². The van der Waals surface area contributed by atoms with Gasteiger partial charge in [-0.15, -0.1) is 0 Å². The summed E-state index contributed by atoms with van der Waals surface area (Å²) in [4.78, 5) is -0.178. The van der Waals surface area contributed by atoms with Gasteiger partial charge in [-0.05, 0) is 31.9 Å². The SMILES string of the molecule is CCCCCCCCCCCCCC[N+](C)(C)CO.Cc1ccc(S(=O)(=O)[O-])cc1. The molecule has 0 saturated carbocycles. The van der Waals surface area contributed by atoms with Crippen molar-refractivity contribution in [2.24, 2.45) is 0 Å².